The van der Waals surface area contributed by atoms with Gasteiger partial charge in [0, 0.05) is 12.1 Å². The van der Waals surface area contributed by atoms with E-state index in [4.69, 9.17) is 0 Å². The molecule has 138 valence electrons. The summed E-state index contributed by atoms with van der Waals surface area (Å²) in [6, 6.07) is 0.648. The van der Waals surface area contributed by atoms with E-state index in [9.17, 15) is 9.59 Å². The van der Waals surface area contributed by atoms with Crippen LogP contribution in [0.15, 0.2) is 6.20 Å². The second kappa shape index (κ2) is 8.79. The van der Waals surface area contributed by atoms with Crippen LogP contribution in [0.1, 0.15) is 80.8 Å². The number of hydrogen-bond acceptors (Lipinski definition) is 4. The number of nitrogens with zero attached hydrogens (tertiary/aromatic N) is 2. The Kier molecular flexibility index (Phi) is 6.45. The lowest BCUT2D eigenvalue weighted by atomic mass is 9.85. The van der Waals surface area contributed by atoms with Crippen molar-refractivity contribution in [2.75, 3.05) is 5.32 Å². The van der Waals surface area contributed by atoms with Crippen LogP contribution in [0, 0.1) is 5.92 Å². The van der Waals surface area contributed by atoms with Crippen LogP contribution in [0.5, 0.6) is 0 Å². The zero-order valence-corrected chi connectivity index (χ0v) is 15.9. The number of aldehydes is 1. The highest BCUT2D eigenvalue weighted by atomic mass is 32.1. The fourth-order valence-corrected chi connectivity index (χ4v) is 4.86. The molecule has 0 radical (unpaired) electrons. The number of anilines is 1. The molecule has 3 rings (SSSR count). The van der Waals surface area contributed by atoms with Crippen LogP contribution >= 0.6 is 11.3 Å². The molecule has 1 N–H and O–H groups in total. The molecule has 2 saturated carbocycles. The monoisotopic (exact) mass is 363 g/mol. The van der Waals surface area contributed by atoms with Crippen molar-refractivity contribution in [2.45, 2.75) is 83.2 Å². The molecule has 2 amide bonds. The van der Waals surface area contributed by atoms with E-state index in [0.717, 1.165) is 37.9 Å². The first-order chi connectivity index (χ1) is 12.2. The van der Waals surface area contributed by atoms with E-state index in [1.54, 1.807) is 0 Å². The van der Waals surface area contributed by atoms with Gasteiger partial charge in [-0.2, -0.15) is 0 Å². The minimum Gasteiger partial charge on any atom is -0.319 e. The Hall–Kier alpha value is -1.43. The third-order valence-electron chi connectivity index (χ3n) is 5.68. The van der Waals surface area contributed by atoms with Crippen LogP contribution in [0.4, 0.5) is 9.93 Å². The number of aromatic nitrogens is 1. The SMILES string of the molecule is C[C@H]1CC[C@H](N(C(=O)Nc2ncc(C=O)s2)C2CCCCCC2)CC1. The first-order valence-corrected chi connectivity index (χ1v) is 10.5. The number of carbonyl (C=O) groups is 2. The van der Waals surface area contributed by atoms with E-state index in [2.05, 4.69) is 22.1 Å². The van der Waals surface area contributed by atoms with Gasteiger partial charge in [0.05, 0.1) is 11.1 Å². The summed E-state index contributed by atoms with van der Waals surface area (Å²) in [4.78, 5) is 30.8. The third kappa shape index (κ3) is 4.81. The maximum Gasteiger partial charge on any atom is 0.324 e. The van der Waals surface area contributed by atoms with Crippen LogP contribution in [0.25, 0.3) is 0 Å². The summed E-state index contributed by atoms with van der Waals surface area (Å²) in [5.74, 6) is 0.768. The average molecular weight is 364 g/mol. The molecule has 0 unspecified atom stereocenters. The summed E-state index contributed by atoms with van der Waals surface area (Å²) >= 11 is 1.24. The Morgan fingerprint density at radius 2 is 1.76 bits per heavy atom. The molecule has 0 saturated heterocycles. The molecule has 25 heavy (non-hydrogen) atoms. The molecular formula is C19H29N3O2S. The van der Waals surface area contributed by atoms with Crippen LogP contribution in [-0.2, 0) is 0 Å². The molecule has 1 aromatic heterocycles. The molecule has 1 aromatic rings. The lowest BCUT2D eigenvalue weighted by molar-refractivity contribution is 0.112. The van der Waals surface area contributed by atoms with E-state index in [0.29, 0.717) is 22.1 Å². The van der Waals surface area contributed by atoms with Crippen molar-refractivity contribution in [1.29, 1.82) is 0 Å². The van der Waals surface area contributed by atoms with Gasteiger partial charge in [0.15, 0.2) is 11.4 Å². The van der Waals surface area contributed by atoms with Crippen molar-refractivity contribution >= 4 is 28.8 Å². The van der Waals surface area contributed by atoms with Gasteiger partial charge in [-0.05, 0) is 44.4 Å². The smallest absolute Gasteiger partial charge is 0.319 e. The normalized spacial score (nSPS) is 25.2. The summed E-state index contributed by atoms with van der Waals surface area (Å²) in [6.45, 7) is 2.31. The van der Waals surface area contributed by atoms with Crippen LogP contribution in [0.2, 0.25) is 0 Å². The molecule has 0 spiro atoms. The number of nitrogens with one attached hydrogen (secondary N) is 1. The predicted octanol–water partition coefficient (Wildman–Crippen LogP) is 5.09. The maximum atomic E-state index is 13.1. The number of thiazole rings is 1. The Morgan fingerprint density at radius 3 is 2.36 bits per heavy atom. The lowest BCUT2D eigenvalue weighted by Crippen LogP contribution is -2.50. The summed E-state index contributed by atoms with van der Waals surface area (Å²) in [7, 11) is 0. The fraction of sp³-hybridized carbons (Fsp3) is 0.737. The van der Waals surface area contributed by atoms with Crippen molar-refractivity contribution in [2.24, 2.45) is 5.92 Å². The minimum absolute atomic E-state index is 0.0294. The van der Waals surface area contributed by atoms with Crippen molar-refractivity contribution in [3.05, 3.63) is 11.1 Å². The average Bonchev–Trinajstić information content (AvgIpc) is 2.90. The molecular weight excluding hydrogens is 334 g/mol. The highest BCUT2D eigenvalue weighted by Gasteiger charge is 2.33. The van der Waals surface area contributed by atoms with Gasteiger partial charge in [0.1, 0.15) is 0 Å². The maximum absolute atomic E-state index is 13.1. The molecule has 0 atom stereocenters. The second-order valence-corrected chi connectivity index (χ2v) is 8.64. The van der Waals surface area contributed by atoms with Gasteiger partial charge in [-0.25, -0.2) is 9.78 Å². The minimum atomic E-state index is -0.0294. The van der Waals surface area contributed by atoms with Crippen LogP contribution in [0.3, 0.4) is 0 Å². The van der Waals surface area contributed by atoms with Gasteiger partial charge in [0.2, 0.25) is 0 Å². The Bertz CT molecular complexity index is 573. The van der Waals surface area contributed by atoms with Gasteiger partial charge < -0.3 is 4.90 Å². The summed E-state index contributed by atoms with van der Waals surface area (Å²) in [5.41, 5.74) is 0. The van der Waals surface area contributed by atoms with Crippen LogP contribution in [-0.4, -0.2) is 34.3 Å². The van der Waals surface area contributed by atoms with E-state index >= 15 is 0 Å². The quantitative estimate of drug-likeness (QED) is 0.598. The molecule has 0 aliphatic heterocycles. The first kappa shape index (κ1) is 18.4. The summed E-state index contributed by atoms with van der Waals surface area (Å²) in [6.07, 6.45) is 14.1. The highest BCUT2D eigenvalue weighted by Crippen LogP contribution is 2.32. The molecule has 0 bridgehead atoms. The van der Waals surface area contributed by atoms with Gasteiger partial charge >= 0.3 is 6.03 Å². The van der Waals surface area contributed by atoms with Crippen molar-refractivity contribution in [1.82, 2.24) is 9.88 Å². The van der Waals surface area contributed by atoms with Gasteiger partial charge in [-0.1, -0.05) is 43.9 Å². The topological polar surface area (TPSA) is 62.3 Å². The zero-order chi connectivity index (χ0) is 17.6. The van der Waals surface area contributed by atoms with Crippen molar-refractivity contribution in [3.8, 4) is 0 Å². The molecule has 0 aromatic carbocycles. The zero-order valence-electron chi connectivity index (χ0n) is 15.1. The predicted molar refractivity (Wildman–Crippen MR) is 101 cm³/mol. The first-order valence-electron chi connectivity index (χ1n) is 9.67. The standard InChI is InChI=1S/C19H29N3O2S/c1-14-8-10-16(11-9-14)22(15-6-4-2-3-5-7-15)19(24)21-18-20-12-17(13-23)25-18/h12-16H,2-11H2,1H3,(H,20,21,24)/t14-,16-. The lowest BCUT2D eigenvalue weighted by Gasteiger charge is -2.40. The third-order valence-corrected chi connectivity index (χ3v) is 6.52. The summed E-state index contributed by atoms with van der Waals surface area (Å²) in [5, 5.41) is 3.48. The highest BCUT2D eigenvalue weighted by molar-refractivity contribution is 7.17. The molecule has 1 heterocycles. The molecule has 2 aliphatic rings. The number of urea groups is 1. The van der Waals surface area contributed by atoms with Crippen molar-refractivity contribution in [3.63, 3.8) is 0 Å². The van der Waals surface area contributed by atoms with Gasteiger partial charge in [-0.15, -0.1) is 0 Å². The second-order valence-electron chi connectivity index (χ2n) is 7.58. The van der Waals surface area contributed by atoms with E-state index in [1.807, 2.05) is 0 Å². The largest absolute Gasteiger partial charge is 0.324 e. The molecule has 5 nitrogen and oxygen atoms in total. The number of amides is 2. The summed E-state index contributed by atoms with van der Waals surface area (Å²) < 4.78 is 0. The molecule has 2 aliphatic carbocycles. The Morgan fingerprint density at radius 1 is 1.12 bits per heavy atom. The number of rotatable bonds is 4. The van der Waals surface area contributed by atoms with Crippen LogP contribution < -0.4 is 5.32 Å². The Balaban J connectivity index is 1.73. The number of hydrogen-bond donors (Lipinski definition) is 1. The van der Waals surface area contributed by atoms with Crippen molar-refractivity contribution < 1.29 is 9.59 Å². The fourth-order valence-electron chi connectivity index (χ4n) is 4.24. The number of carbonyl (C=O) groups excluding carboxylic acids is 2. The molecule has 6 heteroatoms. The van der Waals surface area contributed by atoms with Gasteiger partial charge in [0.25, 0.3) is 0 Å². The van der Waals surface area contributed by atoms with E-state index < -0.39 is 0 Å². The van der Waals surface area contributed by atoms with E-state index in [-0.39, 0.29) is 6.03 Å². The molecule has 2 fully saturated rings. The van der Waals surface area contributed by atoms with Gasteiger partial charge in [-0.3, -0.25) is 10.1 Å². The Labute approximate surface area is 154 Å². The van der Waals surface area contributed by atoms with E-state index in [1.165, 1.54) is 56.1 Å².